The first-order valence-corrected chi connectivity index (χ1v) is 14.9. The molecular weight excluding hydrogens is 590 g/mol. The van der Waals surface area contributed by atoms with Gasteiger partial charge in [0, 0.05) is 37.5 Å². The van der Waals surface area contributed by atoms with Gasteiger partial charge in [0.25, 0.3) is 5.56 Å². The van der Waals surface area contributed by atoms with E-state index in [4.69, 9.17) is 19.2 Å². The number of nitrogens with one attached hydrogen (secondary N) is 2. The molecule has 1 saturated carbocycles. The quantitative estimate of drug-likeness (QED) is 0.285. The van der Waals surface area contributed by atoms with Crippen LogP contribution in [0.5, 0.6) is 11.5 Å². The average Bonchev–Trinajstić information content (AvgIpc) is 3.48. The van der Waals surface area contributed by atoms with Crippen molar-refractivity contribution in [2.75, 3.05) is 31.5 Å². The summed E-state index contributed by atoms with van der Waals surface area (Å²) < 4.78 is 20.1. The molecule has 1 fully saturated rings. The molecule has 0 saturated heterocycles. The van der Waals surface area contributed by atoms with Crippen LogP contribution < -0.4 is 30.6 Å². The number of pyridine rings is 2. The van der Waals surface area contributed by atoms with Crippen LogP contribution in [0.2, 0.25) is 0 Å². The van der Waals surface area contributed by atoms with Gasteiger partial charge in [-0.1, -0.05) is 0 Å². The predicted octanol–water partition coefficient (Wildman–Crippen LogP) is 3.70. The number of hydrogen-bond acceptors (Lipinski definition) is 11. The number of imidazole rings is 1. The number of nitrogens with zero attached hydrogens (tertiary/aromatic N) is 7. The molecule has 236 valence electrons. The number of rotatable bonds is 6. The molecule has 1 aromatic carbocycles. The summed E-state index contributed by atoms with van der Waals surface area (Å²) in [4.78, 5) is 38.7. The third-order valence-electron chi connectivity index (χ3n) is 8.37. The van der Waals surface area contributed by atoms with Crippen LogP contribution in [0.4, 0.5) is 22.0 Å². The Labute approximate surface area is 264 Å². The lowest BCUT2D eigenvalue weighted by atomic mass is 9.89. The highest BCUT2D eigenvalue weighted by atomic mass is 16.5. The number of aromatic nitrogens is 6. The molecule has 1 aliphatic carbocycles. The van der Waals surface area contributed by atoms with E-state index in [1.807, 2.05) is 37.1 Å². The van der Waals surface area contributed by atoms with E-state index in [9.17, 15) is 9.59 Å². The fourth-order valence-electron chi connectivity index (χ4n) is 5.70. The average molecular weight is 624 g/mol. The number of benzene rings is 1. The molecule has 5 aromatic rings. The first-order chi connectivity index (χ1) is 22.3. The molecule has 2 N–H and O–H groups in total. The summed E-state index contributed by atoms with van der Waals surface area (Å²) in [5.74, 6) is 2.08. The smallest absolute Gasteiger partial charge is 0.328 e. The van der Waals surface area contributed by atoms with Crippen LogP contribution in [0.1, 0.15) is 29.7 Å². The number of carbonyl (C=O) groups is 1. The summed E-state index contributed by atoms with van der Waals surface area (Å²) in [5, 5.41) is 14.7. The lowest BCUT2D eigenvalue weighted by molar-refractivity contribution is -0.0324. The molecule has 46 heavy (non-hydrogen) atoms. The highest BCUT2D eigenvalue weighted by Crippen LogP contribution is 2.33. The minimum Gasteiger partial charge on any atom is -0.497 e. The van der Waals surface area contributed by atoms with Crippen molar-refractivity contribution in [1.29, 1.82) is 0 Å². The first kappa shape index (κ1) is 29.2. The minimum atomic E-state index is -0.355. The maximum atomic E-state index is 13.8. The molecule has 0 radical (unpaired) electrons. The predicted molar refractivity (Wildman–Crippen MR) is 170 cm³/mol. The van der Waals surface area contributed by atoms with E-state index in [1.165, 1.54) is 15.5 Å². The zero-order valence-corrected chi connectivity index (χ0v) is 25.9. The second-order valence-corrected chi connectivity index (χ2v) is 11.4. The number of amides is 1. The minimum absolute atomic E-state index is 0.174. The fourth-order valence-corrected chi connectivity index (χ4v) is 5.70. The SMILES string of the molecule is COc1ccc(CN(C)c2cc3nc4c2ncn4C(=O)N[C@@H]2CC[C@H]2OCc2cc(c(=O)n(-c4ccc(C)nn4)c2)N3)c(OC)c1. The molecule has 0 spiro atoms. The molecule has 14 nitrogen and oxygen atoms in total. The summed E-state index contributed by atoms with van der Waals surface area (Å²) in [7, 11) is 5.13. The topological polar surface area (TPSA) is 151 Å². The van der Waals surface area contributed by atoms with Crippen molar-refractivity contribution in [1.82, 2.24) is 34.6 Å². The molecule has 4 aromatic heterocycles. The second kappa shape index (κ2) is 11.8. The van der Waals surface area contributed by atoms with Gasteiger partial charge < -0.3 is 29.7 Å². The van der Waals surface area contributed by atoms with Gasteiger partial charge in [0.1, 0.15) is 34.8 Å². The highest BCUT2D eigenvalue weighted by molar-refractivity contribution is 5.95. The van der Waals surface area contributed by atoms with Crippen molar-refractivity contribution in [3.8, 4) is 17.3 Å². The van der Waals surface area contributed by atoms with Gasteiger partial charge in [-0.25, -0.2) is 19.3 Å². The van der Waals surface area contributed by atoms with Gasteiger partial charge in [-0.05, 0) is 55.7 Å². The summed E-state index contributed by atoms with van der Waals surface area (Å²) in [6.07, 6.45) is 4.58. The van der Waals surface area contributed by atoms with Crippen molar-refractivity contribution in [2.24, 2.45) is 0 Å². The van der Waals surface area contributed by atoms with E-state index in [1.54, 1.807) is 44.7 Å². The molecule has 2 aliphatic rings. The van der Waals surface area contributed by atoms with E-state index < -0.39 is 0 Å². The molecule has 1 aliphatic heterocycles. The van der Waals surface area contributed by atoms with E-state index in [0.29, 0.717) is 46.5 Å². The van der Waals surface area contributed by atoms with Gasteiger partial charge in [0.15, 0.2) is 11.5 Å². The van der Waals surface area contributed by atoms with E-state index in [-0.39, 0.29) is 36.0 Å². The number of anilines is 3. The molecular formula is C32H33N9O5. The molecule has 14 heteroatoms. The van der Waals surface area contributed by atoms with Crippen molar-refractivity contribution in [3.63, 3.8) is 0 Å². The van der Waals surface area contributed by atoms with Crippen molar-refractivity contribution in [2.45, 2.75) is 45.1 Å². The van der Waals surface area contributed by atoms with Crippen LogP contribution in [0.15, 0.2) is 59.8 Å². The number of aryl methyl sites for hydroxylation is 1. The van der Waals surface area contributed by atoms with Gasteiger partial charge in [-0.3, -0.25) is 9.36 Å². The summed E-state index contributed by atoms with van der Waals surface area (Å²) in [5.41, 5.74) is 3.85. The van der Waals surface area contributed by atoms with Gasteiger partial charge >= 0.3 is 6.03 Å². The summed E-state index contributed by atoms with van der Waals surface area (Å²) in [6, 6.07) is 12.2. The molecule has 7 rings (SSSR count). The maximum absolute atomic E-state index is 13.8. The van der Waals surface area contributed by atoms with E-state index in [2.05, 4.69) is 25.8 Å². The molecule has 0 unspecified atom stereocenters. The van der Waals surface area contributed by atoms with Crippen molar-refractivity contribution in [3.05, 3.63) is 82.2 Å². The Bertz CT molecular complexity index is 2010. The third-order valence-corrected chi connectivity index (χ3v) is 8.37. The van der Waals surface area contributed by atoms with E-state index in [0.717, 1.165) is 29.7 Å². The molecule has 1 amide bonds. The Balaban J connectivity index is 1.35. The van der Waals surface area contributed by atoms with Gasteiger partial charge in [0.05, 0.1) is 44.4 Å². The van der Waals surface area contributed by atoms with Crippen LogP contribution >= 0.6 is 0 Å². The fraction of sp³-hybridized carbons (Fsp3) is 0.312. The maximum Gasteiger partial charge on any atom is 0.328 e. The number of methoxy groups -OCH3 is 2. The standard InChI is InChI=1S/C32H33N9O5/c1-18-5-10-28(38-37-18)40-14-19-11-23(31(40)42)34-27-13-24(39(2)15-20-6-7-21(44-3)12-26(20)45-4)29-30(36-27)41(17-33-29)32(43)35-22-8-9-25(22)46-16-19/h5-7,10-14,17,22,25H,8-9,15-16H2,1-4H3,(H,34,36)(H,35,43)/t22-,25-/m1/s1. The zero-order valence-electron chi connectivity index (χ0n) is 25.9. The summed E-state index contributed by atoms with van der Waals surface area (Å²) >= 11 is 0. The van der Waals surface area contributed by atoms with Crippen LogP contribution in [0, 0.1) is 6.92 Å². The molecule has 5 heterocycles. The number of ether oxygens (including phenoxy) is 3. The lowest BCUT2D eigenvalue weighted by Crippen LogP contribution is -2.52. The monoisotopic (exact) mass is 623 g/mol. The van der Waals surface area contributed by atoms with Crippen LogP contribution in [-0.4, -0.2) is 68.7 Å². The number of hydrogen-bond donors (Lipinski definition) is 2. The van der Waals surface area contributed by atoms with Crippen molar-refractivity contribution < 1.29 is 19.0 Å². The van der Waals surface area contributed by atoms with Gasteiger partial charge in [0.2, 0.25) is 0 Å². The Kier molecular flexibility index (Phi) is 7.48. The Morgan fingerprint density at radius 2 is 1.91 bits per heavy atom. The molecule has 4 bridgehead atoms. The zero-order chi connectivity index (χ0) is 31.9. The van der Waals surface area contributed by atoms with Crippen LogP contribution in [-0.2, 0) is 17.9 Å². The Morgan fingerprint density at radius 1 is 1.04 bits per heavy atom. The third kappa shape index (κ3) is 5.36. The highest BCUT2D eigenvalue weighted by Gasteiger charge is 2.34. The second-order valence-electron chi connectivity index (χ2n) is 11.4. The first-order valence-electron chi connectivity index (χ1n) is 14.9. The van der Waals surface area contributed by atoms with Gasteiger partial charge in [-0.15, -0.1) is 5.10 Å². The van der Waals surface area contributed by atoms with Gasteiger partial charge in [-0.2, -0.15) is 5.10 Å². The Hall–Kier alpha value is -5.50. The number of fused-ring (bicyclic) bond motifs is 4. The van der Waals surface area contributed by atoms with Crippen molar-refractivity contribution >= 4 is 34.4 Å². The number of carbonyl (C=O) groups excluding carboxylic acids is 1. The lowest BCUT2D eigenvalue weighted by Gasteiger charge is -2.36. The normalized spacial score (nSPS) is 17.3. The Morgan fingerprint density at radius 3 is 2.65 bits per heavy atom. The van der Waals surface area contributed by atoms with Crippen LogP contribution in [0.3, 0.4) is 0 Å². The largest absolute Gasteiger partial charge is 0.497 e. The summed E-state index contributed by atoms with van der Waals surface area (Å²) in [6.45, 7) is 2.51. The molecule has 2 atom stereocenters. The van der Waals surface area contributed by atoms with Crippen LogP contribution in [0.25, 0.3) is 17.0 Å². The van der Waals surface area contributed by atoms with E-state index >= 15 is 0 Å².